The molecule has 82 valence electrons. The first-order valence-corrected chi connectivity index (χ1v) is 5.38. The monoisotopic (exact) mass is 200 g/mol. The Morgan fingerprint density at radius 3 is 2.71 bits per heavy atom. The van der Waals surface area contributed by atoms with Crippen molar-refractivity contribution in [2.24, 2.45) is 0 Å². The lowest BCUT2D eigenvalue weighted by Gasteiger charge is -2.28. The maximum absolute atomic E-state index is 5.46. The summed E-state index contributed by atoms with van der Waals surface area (Å²) in [6.45, 7) is 3.22. The first-order valence-electron chi connectivity index (χ1n) is 5.38. The van der Waals surface area contributed by atoms with Crippen LogP contribution in [0.4, 0.5) is 0 Å². The minimum absolute atomic E-state index is 0.352. The van der Waals surface area contributed by atoms with E-state index in [2.05, 4.69) is 10.2 Å². The highest BCUT2D eigenvalue weighted by atomic mass is 16.5. The van der Waals surface area contributed by atoms with Gasteiger partial charge in [0.05, 0.1) is 18.4 Å². The van der Waals surface area contributed by atoms with Gasteiger partial charge in [-0.2, -0.15) is 0 Å². The molecule has 2 rings (SSSR count). The van der Waals surface area contributed by atoms with Gasteiger partial charge in [0.25, 0.3) is 0 Å². The van der Waals surface area contributed by atoms with Gasteiger partial charge >= 0.3 is 0 Å². The Balaban J connectivity index is 1.89. The number of nitrogens with zero attached hydrogens (tertiary/aromatic N) is 1. The van der Waals surface area contributed by atoms with Crippen LogP contribution in [0.2, 0.25) is 0 Å². The van der Waals surface area contributed by atoms with Crippen LogP contribution in [0.15, 0.2) is 0 Å². The topological polar surface area (TPSA) is 33.7 Å². The largest absolute Gasteiger partial charge is 0.380 e. The van der Waals surface area contributed by atoms with E-state index >= 15 is 0 Å². The first-order chi connectivity index (χ1) is 6.85. The smallest absolute Gasteiger partial charge is 0.0870 e. The SMILES string of the molecule is COC1CCN(C2NCC[C@H]2OC)C1. The van der Waals surface area contributed by atoms with Crippen LogP contribution in [0.3, 0.4) is 0 Å². The Hall–Kier alpha value is -0.160. The summed E-state index contributed by atoms with van der Waals surface area (Å²) in [4.78, 5) is 2.44. The molecule has 0 aromatic heterocycles. The number of methoxy groups -OCH3 is 2. The van der Waals surface area contributed by atoms with Crippen molar-refractivity contribution >= 4 is 0 Å². The molecule has 0 saturated carbocycles. The van der Waals surface area contributed by atoms with Gasteiger partial charge in [0, 0.05) is 27.3 Å². The third-order valence-corrected chi connectivity index (χ3v) is 3.34. The van der Waals surface area contributed by atoms with Crippen molar-refractivity contribution in [3.05, 3.63) is 0 Å². The molecule has 1 N–H and O–H groups in total. The summed E-state index contributed by atoms with van der Waals surface area (Å²) in [5, 5.41) is 3.49. The zero-order valence-electron chi connectivity index (χ0n) is 9.03. The van der Waals surface area contributed by atoms with Crippen LogP contribution in [0.5, 0.6) is 0 Å². The lowest BCUT2D eigenvalue weighted by molar-refractivity contribution is 0.0262. The van der Waals surface area contributed by atoms with Crippen molar-refractivity contribution < 1.29 is 9.47 Å². The predicted octanol–water partition coefficient (Wildman–Crippen LogP) is 0.0415. The fourth-order valence-electron chi connectivity index (χ4n) is 2.47. The average Bonchev–Trinajstić information content (AvgIpc) is 2.85. The Bertz CT molecular complexity index is 189. The highest BCUT2D eigenvalue weighted by molar-refractivity contribution is 4.89. The summed E-state index contributed by atoms with van der Waals surface area (Å²) in [6.07, 6.45) is 3.43. The van der Waals surface area contributed by atoms with Gasteiger partial charge in [0.2, 0.25) is 0 Å². The van der Waals surface area contributed by atoms with Gasteiger partial charge in [-0.25, -0.2) is 0 Å². The van der Waals surface area contributed by atoms with Crippen LogP contribution < -0.4 is 5.32 Å². The van der Waals surface area contributed by atoms with Crippen LogP contribution >= 0.6 is 0 Å². The minimum atomic E-state index is 0.352. The molecule has 2 saturated heterocycles. The Morgan fingerprint density at radius 2 is 2.07 bits per heavy atom. The van der Waals surface area contributed by atoms with Gasteiger partial charge < -0.3 is 9.47 Å². The lowest BCUT2D eigenvalue weighted by Crippen LogP contribution is -2.47. The lowest BCUT2D eigenvalue weighted by atomic mass is 10.2. The van der Waals surface area contributed by atoms with Gasteiger partial charge in [-0.15, -0.1) is 0 Å². The van der Waals surface area contributed by atoms with E-state index < -0.39 is 0 Å². The predicted molar refractivity (Wildman–Crippen MR) is 54.2 cm³/mol. The van der Waals surface area contributed by atoms with E-state index in [0.717, 1.165) is 32.5 Å². The average molecular weight is 200 g/mol. The van der Waals surface area contributed by atoms with E-state index in [9.17, 15) is 0 Å². The van der Waals surface area contributed by atoms with Gasteiger partial charge in [0.1, 0.15) is 0 Å². The normalized spacial score (nSPS) is 39.4. The minimum Gasteiger partial charge on any atom is -0.380 e. The molecule has 0 aliphatic carbocycles. The molecule has 0 aromatic rings. The number of ether oxygens (including phenoxy) is 2. The van der Waals surface area contributed by atoms with Crippen molar-refractivity contribution in [3.8, 4) is 0 Å². The summed E-state index contributed by atoms with van der Waals surface area (Å²) >= 11 is 0. The molecule has 0 radical (unpaired) electrons. The van der Waals surface area contributed by atoms with E-state index in [1.807, 2.05) is 0 Å². The molecule has 14 heavy (non-hydrogen) atoms. The van der Waals surface area contributed by atoms with Crippen molar-refractivity contribution in [1.82, 2.24) is 10.2 Å². The van der Waals surface area contributed by atoms with Gasteiger partial charge in [-0.05, 0) is 19.4 Å². The second kappa shape index (κ2) is 4.57. The molecule has 0 amide bonds. The Labute approximate surface area is 85.5 Å². The molecule has 2 fully saturated rings. The number of hydrogen-bond acceptors (Lipinski definition) is 4. The zero-order valence-corrected chi connectivity index (χ0v) is 9.03. The maximum Gasteiger partial charge on any atom is 0.0870 e. The molecule has 2 aliphatic heterocycles. The highest BCUT2D eigenvalue weighted by Crippen LogP contribution is 2.20. The summed E-state index contributed by atoms with van der Waals surface area (Å²) < 4.78 is 10.8. The first kappa shape index (κ1) is 10.4. The third kappa shape index (κ3) is 1.93. The van der Waals surface area contributed by atoms with Crippen molar-refractivity contribution in [1.29, 1.82) is 0 Å². The quantitative estimate of drug-likeness (QED) is 0.697. The summed E-state index contributed by atoms with van der Waals surface area (Å²) in [5.41, 5.74) is 0. The molecule has 0 spiro atoms. The molecule has 4 heteroatoms. The standard InChI is InChI=1S/C10H20N2O2/c1-13-8-4-6-12(7-8)10-9(14-2)3-5-11-10/h8-11H,3-7H2,1-2H3/t8?,9-,10?/m1/s1. The van der Waals surface area contributed by atoms with Crippen molar-refractivity contribution in [2.75, 3.05) is 33.9 Å². The van der Waals surface area contributed by atoms with Crippen molar-refractivity contribution in [3.63, 3.8) is 0 Å². The molecule has 2 unspecified atom stereocenters. The van der Waals surface area contributed by atoms with Crippen LogP contribution in [0.25, 0.3) is 0 Å². The molecular weight excluding hydrogens is 180 g/mol. The van der Waals surface area contributed by atoms with E-state index in [0.29, 0.717) is 18.4 Å². The number of nitrogens with one attached hydrogen (secondary N) is 1. The van der Waals surface area contributed by atoms with E-state index in [-0.39, 0.29) is 0 Å². The van der Waals surface area contributed by atoms with Gasteiger partial charge in [-0.1, -0.05) is 0 Å². The van der Waals surface area contributed by atoms with Crippen molar-refractivity contribution in [2.45, 2.75) is 31.2 Å². The number of hydrogen-bond donors (Lipinski definition) is 1. The second-order valence-electron chi connectivity index (χ2n) is 4.10. The highest BCUT2D eigenvalue weighted by Gasteiger charge is 2.35. The number of likely N-dealkylation sites (tertiary alicyclic amines) is 1. The molecule has 2 heterocycles. The molecular formula is C10H20N2O2. The zero-order chi connectivity index (χ0) is 9.97. The van der Waals surface area contributed by atoms with Gasteiger partial charge in [-0.3, -0.25) is 10.2 Å². The maximum atomic E-state index is 5.46. The number of rotatable bonds is 3. The van der Waals surface area contributed by atoms with Crippen LogP contribution in [-0.2, 0) is 9.47 Å². The fourth-order valence-corrected chi connectivity index (χ4v) is 2.47. The molecule has 0 bridgehead atoms. The molecule has 2 aliphatic rings. The van der Waals surface area contributed by atoms with Crippen LogP contribution in [0, 0.1) is 0 Å². The second-order valence-corrected chi connectivity index (χ2v) is 4.10. The summed E-state index contributed by atoms with van der Waals surface area (Å²) in [7, 11) is 3.60. The van der Waals surface area contributed by atoms with Gasteiger partial charge in [0.15, 0.2) is 0 Å². The molecule has 4 nitrogen and oxygen atoms in total. The van der Waals surface area contributed by atoms with E-state index in [1.54, 1.807) is 14.2 Å². The van der Waals surface area contributed by atoms with E-state index in [1.165, 1.54) is 0 Å². The fraction of sp³-hybridized carbons (Fsp3) is 1.00. The summed E-state index contributed by atoms with van der Waals surface area (Å²) in [6, 6.07) is 0. The van der Waals surface area contributed by atoms with Crippen LogP contribution in [-0.4, -0.2) is 57.1 Å². The molecule has 3 atom stereocenters. The molecule has 0 aromatic carbocycles. The Kier molecular flexibility index (Phi) is 3.38. The third-order valence-electron chi connectivity index (χ3n) is 3.34. The Morgan fingerprint density at radius 1 is 1.21 bits per heavy atom. The van der Waals surface area contributed by atoms with E-state index in [4.69, 9.17) is 9.47 Å². The van der Waals surface area contributed by atoms with Crippen LogP contribution in [0.1, 0.15) is 12.8 Å². The summed E-state index contributed by atoms with van der Waals surface area (Å²) in [5.74, 6) is 0.